The molecule has 21 heavy (non-hydrogen) atoms. The van der Waals surface area contributed by atoms with E-state index >= 15 is 0 Å². The van der Waals surface area contributed by atoms with E-state index in [0.29, 0.717) is 25.2 Å². The second-order valence-electron chi connectivity index (χ2n) is 5.51. The zero-order valence-corrected chi connectivity index (χ0v) is 12.2. The molecule has 2 aromatic rings. The van der Waals surface area contributed by atoms with Crippen LogP contribution in [0.25, 0.3) is 10.9 Å². The Morgan fingerprint density at radius 1 is 1.48 bits per heavy atom. The van der Waals surface area contributed by atoms with Crippen molar-refractivity contribution in [2.45, 2.75) is 32.3 Å². The molecule has 0 saturated heterocycles. The van der Waals surface area contributed by atoms with E-state index in [9.17, 15) is 4.79 Å². The number of hydrogen-bond donors (Lipinski definition) is 1. The van der Waals surface area contributed by atoms with Crippen LogP contribution in [0.3, 0.4) is 0 Å². The molecule has 5 nitrogen and oxygen atoms in total. The molecule has 1 aliphatic rings. The number of esters is 1. The second-order valence-corrected chi connectivity index (χ2v) is 5.51. The largest absolute Gasteiger partial charge is 0.461 e. The van der Waals surface area contributed by atoms with E-state index in [0.717, 1.165) is 11.1 Å². The maximum atomic E-state index is 11.7. The van der Waals surface area contributed by atoms with Gasteiger partial charge in [0.1, 0.15) is 5.60 Å². The van der Waals surface area contributed by atoms with Gasteiger partial charge in [0.2, 0.25) is 0 Å². The van der Waals surface area contributed by atoms with Crippen LogP contribution in [0.2, 0.25) is 0 Å². The van der Waals surface area contributed by atoms with Crippen LogP contribution in [-0.4, -0.2) is 28.9 Å². The predicted octanol–water partition coefficient (Wildman–Crippen LogP) is 2.81. The Hall–Kier alpha value is -2.30. The Labute approximate surface area is 122 Å². The minimum absolute atomic E-state index is 0.344. The van der Waals surface area contributed by atoms with E-state index in [1.165, 1.54) is 5.39 Å². The number of aromatic amines is 1. The number of ether oxygens (including phenoxy) is 1. The molecule has 0 bridgehead atoms. The minimum atomic E-state index is -0.507. The van der Waals surface area contributed by atoms with Crippen molar-refractivity contribution in [3.8, 4) is 0 Å². The number of nitrogens with one attached hydrogen (secondary N) is 1. The minimum Gasteiger partial charge on any atom is -0.461 e. The number of carbonyl (C=O) groups excluding carboxylic acids is 1. The highest BCUT2D eigenvalue weighted by Crippen LogP contribution is 2.30. The topological polar surface area (TPSA) is 63.7 Å². The second kappa shape index (κ2) is 5.24. The number of carbonyl (C=O) groups is 1. The normalized spacial score (nSPS) is 21.1. The SMILES string of the molecule is CCOC(=O)C1=NO[C@@](C)(Cc2c[nH]c3ccccc23)C1. The summed E-state index contributed by atoms with van der Waals surface area (Å²) in [7, 11) is 0. The molecule has 110 valence electrons. The number of benzene rings is 1. The molecular formula is C16H18N2O3. The first-order valence-corrected chi connectivity index (χ1v) is 7.08. The Bertz CT molecular complexity index is 704. The average Bonchev–Trinajstić information content (AvgIpc) is 3.05. The maximum absolute atomic E-state index is 11.7. The average molecular weight is 286 g/mol. The van der Waals surface area contributed by atoms with Crippen LogP contribution in [0.4, 0.5) is 0 Å². The summed E-state index contributed by atoms with van der Waals surface area (Å²) in [6.07, 6.45) is 3.14. The number of para-hydroxylation sites is 1. The van der Waals surface area contributed by atoms with E-state index in [2.05, 4.69) is 16.2 Å². The maximum Gasteiger partial charge on any atom is 0.356 e. The van der Waals surface area contributed by atoms with Gasteiger partial charge in [-0.25, -0.2) is 4.79 Å². The quantitative estimate of drug-likeness (QED) is 0.879. The molecule has 0 amide bonds. The van der Waals surface area contributed by atoms with E-state index in [4.69, 9.17) is 9.57 Å². The Morgan fingerprint density at radius 2 is 2.29 bits per heavy atom. The van der Waals surface area contributed by atoms with Gasteiger partial charge in [0.05, 0.1) is 6.61 Å². The standard InChI is InChI=1S/C16H18N2O3/c1-3-20-15(19)14-9-16(2,21-18-14)8-11-10-17-13-7-5-4-6-12(11)13/h4-7,10,17H,3,8-9H2,1-2H3/t16-/m0/s1. The van der Waals surface area contributed by atoms with Gasteiger partial charge in [-0.05, 0) is 25.5 Å². The van der Waals surface area contributed by atoms with Gasteiger partial charge in [0.25, 0.3) is 0 Å². The van der Waals surface area contributed by atoms with Crippen LogP contribution < -0.4 is 0 Å². The molecule has 1 aliphatic heterocycles. The van der Waals surface area contributed by atoms with Crippen LogP contribution in [-0.2, 0) is 20.8 Å². The summed E-state index contributed by atoms with van der Waals surface area (Å²) in [6.45, 7) is 4.08. The first-order valence-electron chi connectivity index (χ1n) is 7.08. The smallest absolute Gasteiger partial charge is 0.356 e. The lowest BCUT2D eigenvalue weighted by atomic mass is 9.91. The third kappa shape index (κ3) is 2.63. The van der Waals surface area contributed by atoms with Crippen LogP contribution in [0.1, 0.15) is 25.8 Å². The molecule has 0 aliphatic carbocycles. The van der Waals surface area contributed by atoms with Crippen molar-refractivity contribution in [2.24, 2.45) is 5.16 Å². The summed E-state index contributed by atoms with van der Waals surface area (Å²) in [4.78, 5) is 20.5. The summed E-state index contributed by atoms with van der Waals surface area (Å²) >= 11 is 0. The van der Waals surface area contributed by atoms with Crippen LogP contribution in [0.15, 0.2) is 35.6 Å². The molecule has 1 aromatic heterocycles. The number of rotatable bonds is 4. The lowest BCUT2D eigenvalue weighted by molar-refractivity contribution is -0.135. The van der Waals surface area contributed by atoms with Crippen molar-refractivity contribution in [3.05, 3.63) is 36.0 Å². The van der Waals surface area contributed by atoms with Gasteiger partial charge in [-0.3, -0.25) is 0 Å². The fourth-order valence-electron chi connectivity index (χ4n) is 2.68. The van der Waals surface area contributed by atoms with Crippen molar-refractivity contribution in [3.63, 3.8) is 0 Å². The molecule has 2 heterocycles. The highest BCUT2D eigenvalue weighted by Gasteiger charge is 2.38. The lowest BCUT2D eigenvalue weighted by Gasteiger charge is -2.20. The molecule has 0 unspecified atom stereocenters. The highest BCUT2D eigenvalue weighted by atomic mass is 16.7. The summed E-state index contributed by atoms with van der Waals surface area (Å²) in [5, 5.41) is 5.07. The predicted molar refractivity (Wildman–Crippen MR) is 80.2 cm³/mol. The molecule has 1 N–H and O–H groups in total. The fourth-order valence-corrected chi connectivity index (χ4v) is 2.68. The van der Waals surface area contributed by atoms with Crippen LogP contribution in [0, 0.1) is 0 Å². The van der Waals surface area contributed by atoms with E-state index in [1.807, 2.05) is 31.3 Å². The van der Waals surface area contributed by atoms with E-state index < -0.39 is 5.60 Å². The van der Waals surface area contributed by atoms with Gasteiger partial charge in [-0.15, -0.1) is 0 Å². The molecule has 5 heteroatoms. The monoisotopic (exact) mass is 286 g/mol. The third-order valence-electron chi connectivity index (χ3n) is 3.67. The van der Waals surface area contributed by atoms with Crippen molar-refractivity contribution in [2.75, 3.05) is 6.61 Å². The first kappa shape index (κ1) is 13.7. The number of fused-ring (bicyclic) bond motifs is 1. The van der Waals surface area contributed by atoms with Gasteiger partial charge < -0.3 is 14.6 Å². The number of H-pyrrole nitrogens is 1. The third-order valence-corrected chi connectivity index (χ3v) is 3.67. The summed E-state index contributed by atoms with van der Waals surface area (Å²) in [6, 6.07) is 8.13. The zero-order valence-electron chi connectivity index (χ0n) is 12.2. The van der Waals surface area contributed by atoms with E-state index in [1.54, 1.807) is 6.92 Å². The Kier molecular flexibility index (Phi) is 3.41. The molecule has 0 fully saturated rings. The van der Waals surface area contributed by atoms with Gasteiger partial charge in [-0.2, -0.15) is 0 Å². The molecule has 1 atom stereocenters. The fraction of sp³-hybridized carbons (Fsp3) is 0.375. The molecule has 0 radical (unpaired) electrons. The van der Waals surface area contributed by atoms with Crippen molar-refractivity contribution in [1.82, 2.24) is 4.98 Å². The molecular weight excluding hydrogens is 268 g/mol. The van der Waals surface area contributed by atoms with Crippen molar-refractivity contribution >= 4 is 22.6 Å². The number of hydrogen-bond acceptors (Lipinski definition) is 4. The van der Waals surface area contributed by atoms with Gasteiger partial charge in [0, 0.05) is 29.9 Å². The Balaban J connectivity index is 1.75. The Morgan fingerprint density at radius 3 is 3.10 bits per heavy atom. The van der Waals surface area contributed by atoms with Crippen LogP contribution >= 0.6 is 0 Å². The number of nitrogens with zero attached hydrogens (tertiary/aromatic N) is 1. The first-order chi connectivity index (χ1) is 10.1. The number of oxime groups is 1. The zero-order chi connectivity index (χ0) is 14.9. The van der Waals surface area contributed by atoms with E-state index in [-0.39, 0.29) is 5.97 Å². The molecule has 1 aromatic carbocycles. The highest BCUT2D eigenvalue weighted by molar-refractivity contribution is 6.36. The summed E-state index contributed by atoms with van der Waals surface area (Å²) < 4.78 is 4.97. The molecule has 0 saturated carbocycles. The van der Waals surface area contributed by atoms with Crippen molar-refractivity contribution < 1.29 is 14.4 Å². The summed E-state index contributed by atoms with van der Waals surface area (Å²) in [5.74, 6) is -0.389. The van der Waals surface area contributed by atoms with Gasteiger partial charge >= 0.3 is 5.97 Å². The number of aromatic nitrogens is 1. The van der Waals surface area contributed by atoms with Crippen molar-refractivity contribution in [1.29, 1.82) is 0 Å². The van der Waals surface area contributed by atoms with Gasteiger partial charge in [0.15, 0.2) is 5.71 Å². The molecule has 3 rings (SSSR count). The molecule has 0 spiro atoms. The van der Waals surface area contributed by atoms with Crippen LogP contribution in [0.5, 0.6) is 0 Å². The summed E-state index contributed by atoms with van der Waals surface area (Å²) in [5.41, 5.74) is 2.11. The van der Waals surface area contributed by atoms with Gasteiger partial charge in [-0.1, -0.05) is 23.4 Å². The lowest BCUT2D eigenvalue weighted by Crippen LogP contribution is -2.29.